The Balaban J connectivity index is 1.40. The lowest BCUT2D eigenvalue weighted by atomic mass is 9.86. The largest absolute Gasteiger partial charge is 0.442 e. The van der Waals surface area contributed by atoms with E-state index < -0.39 is 0 Å². The molecule has 6 nitrogen and oxygen atoms in total. The van der Waals surface area contributed by atoms with Crippen LogP contribution < -0.4 is 5.56 Å². The highest BCUT2D eigenvalue weighted by Crippen LogP contribution is 2.49. The van der Waals surface area contributed by atoms with E-state index in [1.165, 1.54) is 19.3 Å². The first-order chi connectivity index (χ1) is 11.2. The minimum atomic E-state index is -0.289. The molecular weight excluding hydrogens is 294 g/mol. The quantitative estimate of drug-likeness (QED) is 0.808. The van der Waals surface area contributed by atoms with Gasteiger partial charge in [0.2, 0.25) is 0 Å². The monoisotopic (exact) mass is 313 g/mol. The highest BCUT2D eigenvalue weighted by molar-refractivity contribution is 5.76. The number of nitrogens with zero attached hydrogens (tertiary/aromatic N) is 3. The second-order valence-electron chi connectivity index (χ2n) is 6.70. The molecule has 2 bridgehead atoms. The topological polar surface area (TPSA) is 74.1 Å². The van der Waals surface area contributed by atoms with Crippen LogP contribution in [0.25, 0.3) is 10.9 Å². The van der Waals surface area contributed by atoms with Gasteiger partial charge in [-0.2, -0.15) is 4.68 Å². The Labute approximate surface area is 133 Å². The number of hydrogen-bond donors (Lipinski definition) is 0. The van der Waals surface area contributed by atoms with Gasteiger partial charge in [0.05, 0.1) is 5.39 Å². The zero-order valence-corrected chi connectivity index (χ0v) is 12.9. The molecule has 2 aliphatic carbocycles. The average Bonchev–Trinajstić information content (AvgIpc) is 3.17. The van der Waals surface area contributed by atoms with E-state index in [4.69, 9.17) is 4.74 Å². The third kappa shape index (κ3) is 2.73. The molecule has 6 heteroatoms. The van der Waals surface area contributed by atoms with Gasteiger partial charge >= 0.3 is 5.97 Å². The number of rotatable bonds is 4. The van der Waals surface area contributed by atoms with Crippen molar-refractivity contribution in [2.75, 3.05) is 0 Å². The van der Waals surface area contributed by atoms with Gasteiger partial charge in [-0.15, -0.1) is 5.10 Å². The molecular formula is C17H19N3O3. The van der Waals surface area contributed by atoms with Crippen LogP contribution in [-0.4, -0.2) is 21.0 Å². The molecule has 4 rings (SSSR count). The highest BCUT2D eigenvalue weighted by Gasteiger charge is 2.40. The smallest absolute Gasteiger partial charge is 0.307 e. The summed E-state index contributed by atoms with van der Waals surface area (Å²) in [6.07, 6.45) is 5.44. The molecule has 0 amide bonds. The Kier molecular flexibility index (Phi) is 3.59. The van der Waals surface area contributed by atoms with E-state index in [0.717, 1.165) is 17.0 Å². The molecule has 1 aromatic heterocycles. The van der Waals surface area contributed by atoms with Gasteiger partial charge < -0.3 is 4.74 Å². The summed E-state index contributed by atoms with van der Waals surface area (Å²) in [6, 6.07) is 7.00. The Morgan fingerprint density at radius 1 is 1.26 bits per heavy atom. The summed E-state index contributed by atoms with van der Waals surface area (Å²) in [5, 5.41) is 8.28. The molecule has 0 aliphatic heterocycles. The second-order valence-corrected chi connectivity index (χ2v) is 6.70. The SMILES string of the molecule is O=C(C[C@H]1C[C@@H]2CC[C@@H]1C2)OCn1nnc2ccccc2c1=O. The summed E-state index contributed by atoms with van der Waals surface area (Å²) >= 11 is 0. The van der Waals surface area contributed by atoms with Crippen LogP contribution in [0.1, 0.15) is 32.1 Å². The Hall–Kier alpha value is -2.24. The van der Waals surface area contributed by atoms with Crippen molar-refractivity contribution in [3.05, 3.63) is 34.6 Å². The van der Waals surface area contributed by atoms with E-state index in [-0.39, 0.29) is 18.3 Å². The van der Waals surface area contributed by atoms with Crippen molar-refractivity contribution in [1.29, 1.82) is 0 Å². The third-order valence-corrected chi connectivity index (χ3v) is 5.29. The molecule has 0 N–H and O–H groups in total. The molecule has 2 fully saturated rings. The van der Waals surface area contributed by atoms with Crippen LogP contribution in [0.2, 0.25) is 0 Å². The molecule has 3 atom stereocenters. The maximum atomic E-state index is 12.3. The zero-order chi connectivity index (χ0) is 15.8. The predicted octanol–water partition coefficient (Wildman–Crippen LogP) is 2.12. The number of carbonyl (C=O) groups excluding carboxylic acids is 1. The summed E-state index contributed by atoms with van der Waals surface area (Å²) in [7, 11) is 0. The van der Waals surface area contributed by atoms with Crippen molar-refractivity contribution < 1.29 is 9.53 Å². The summed E-state index contributed by atoms with van der Waals surface area (Å²) < 4.78 is 6.35. The van der Waals surface area contributed by atoms with E-state index in [9.17, 15) is 9.59 Å². The van der Waals surface area contributed by atoms with Crippen molar-refractivity contribution in [3.8, 4) is 0 Å². The highest BCUT2D eigenvalue weighted by atomic mass is 16.5. The Morgan fingerprint density at radius 3 is 2.91 bits per heavy atom. The van der Waals surface area contributed by atoms with Crippen molar-refractivity contribution in [2.24, 2.45) is 17.8 Å². The molecule has 23 heavy (non-hydrogen) atoms. The van der Waals surface area contributed by atoms with Crippen LogP contribution in [-0.2, 0) is 16.3 Å². The number of ether oxygens (including phenoxy) is 1. The van der Waals surface area contributed by atoms with Gasteiger partial charge in [0.25, 0.3) is 5.56 Å². The molecule has 0 spiro atoms. The first-order valence-corrected chi connectivity index (χ1v) is 8.19. The van der Waals surface area contributed by atoms with Crippen molar-refractivity contribution in [2.45, 2.75) is 38.8 Å². The molecule has 2 aliphatic rings. The Morgan fingerprint density at radius 2 is 2.13 bits per heavy atom. The van der Waals surface area contributed by atoms with E-state index in [1.54, 1.807) is 24.3 Å². The number of carbonyl (C=O) groups is 1. The summed E-state index contributed by atoms with van der Waals surface area (Å²) in [5.74, 6) is 1.72. The molecule has 2 saturated carbocycles. The standard InChI is InChI=1S/C17H19N3O3/c21-16(9-13-8-11-5-6-12(13)7-11)23-10-20-17(22)14-3-1-2-4-15(14)18-19-20/h1-4,11-13H,5-10H2/t11-,12-,13-/m1/s1. The van der Waals surface area contributed by atoms with Crippen LogP contribution in [0, 0.1) is 17.8 Å². The molecule has 0 saturated heterocycles. The van der Waals surface area contributed by atoms with Crippen LogP contribution in [0.4, 0.5) is 0 Å². The fourth-order valence-corrected chi connectivity index (χ4v) is 4.14. The van der Waals surface area contributed by atoms with Crippen molar-refractivity contribution in [1.82, 2.24) is 15.0 Å². The van der Waals surface area contributed by atoms with Crippen LogP contribution in [0.5, 0.6) is 0 Å². The minimum Gasteiger partial charge on any atom is -0.442 e. The molecule has 0 radical (unpaired) electrons. The van der Waals surface area contributed by atoms with Gasteiger partial charge in [0.15, 0.2) is 6.73 Å². The lowest BCUT2D eigenvalue weighted by Crippen LogP contribution is -2.27. The number of fused-ring (bicyclic) bond motifs is 3. The average molecular weight is 313 g/mol. The van der Waals surface area contributed by atoms with Crippen molar-refractivity contribution in [3.63, 3.8) is 0 Å². The number of hydrogen-bond acceptors (Lipinski definition) is 5. The van der Waals surface area contributed by atoms with Gasteiger partial charge in [-0.05, 0) is 49.1 Å². The van der Waals surface area contributed by atoms with Crippen LogP contribution in [0.15, 0.2) is 29.1 Å². The molecule has 1 heterocycles. The fraction of sp³-hybridized carbons (Fsp3) is 0.529. The zero-order valence-electron chi connectivity index (χ0n) is 12.9. The van der Waals surface area contributed by atoms with Gasteiger partial charge in [-0.1, -0.05) is 23.8 Å². The van der Waals surface area contributed by atoms with Gasteiger partial charge in [0.1, 0.15) is 5.52 Å². The summed E-state index contributed by atoms with van der Waals surface area (Å²) in [4.78, 5) is 24.3. The van der Waals surface area contributed by atoms with Gasteiger partial charge in [0, 0.05) is 6.42 Å². The molecule has 0 unspecified atom stereocenters. The summed E-state index contributed by atoms with van der Waals surface area (Å²) in [5.41, 5.74) is 0.255. The first kappa shape index (κ1) is 14.4. The lowest BCUT2D eigenvalue weighted by molar-refractivity contribution is -0.149. The fourth-order valence-electron chi connectivity index (χ4n) is 4.14. The second kappa shape index (κ2) is 5.76. The molecule has 1 aromatic carbocycles. The lowest BCUT2D eigenvalue weighted by Gasteiger charge is -2.20. The Bertz CT molecular complexity index is 801. The third-order valence-electron chi connectivity index (χ3n) is 5.29. The number of benzene rings is 1. The maximum absolute atomic E-state index is 12.3. The summed E-state index contributed by atoms with van der Waals surface area (Å²) in [6.45, 7) is -0.170. The van der Waals surface area contributed by atoms with Gasteiger partial charge in [-0.25, -0.2) is 0 Å². The first-order valence-electron chi connectivity index (χ1n) is 8.19. The molecule has 120 valence electrons. The van der Waals surface area contributed by atoms with E-state index in [2.05, 4.69) is 10.3 Å². The maximum Gasteiger partial charge on any atom is 0.307 e. The van der Waals surface area contributed by atoms with E-state index in [1.807, 2.05) is 0 Å². The normalized spacial score (nSPS) is 25.8. The minimum absolute atomic E-state index is 0.170. The molecule has 2 aromatic rings. The predicted molar refractivity (Wildman–Crippen MR) is 83.4 cm³/mol. The van der Waals surface area contributed by atoms with E-state index >= 15 is 0 Å². The number of esters is 1. The van der Waals surface area contributed by atoms with Crippen LogP contribution in [0.3, 0.4) is 0 Å². The van der Waals surface area contributed by atoms with Gasteiger partial charge in [-0.3, -0.25) is 9.59 Å². The van der Waals surface area contributed by atoms with E-state index in [0.29, 0.717) is 29.2 Å². The van der Waals surface area contributed by atoms with Crippen LogP contribution >= 0.6 is 0 Å². The van der Waals surface area contributed by atoms with Crippen molar-refractivity contribution >= 4 is 16.9 Å². The number of aromatic nitrogens is 3.